The monoisotopic (exact) mass is 173 g/mol. The van der Waals surface area contributed by atoms with Crippen molar-refractivity contribution in [3.63, 3.8) is 0 Å². The van der Waals surface area contributed by atoms with E-state index in [0.717, 1.165) is 0 Å². The van der Waals surface area contributed by atoms with Gasteiger partial charge in [0.2, 0.25) is 0 Å². The highest BCUT2D eigenvalue weighted by atomic mass is 35.5. The van der Waals surface area contributed by atoms with E-state index in [1.165, 1.54) is 12.1 Å². The van der Waals surface area contributed by atoms with Gasteiger partial charge in [-0.3, -0.25) is 4.84 Å². The van der Waals surface area contributed by atoms with E-state index in [1.54, 1.807) is 12.1 Å². The van der Waals surface area contributed by atoms with Crippen molar-refractivity contribution in [1.29, 1.82) is 0 Å². The summed E-state index contributed by atoms with van der Waals surface area (Å²) in [6.07, 6.45) is 0. The van der Waals surface area contributed by atoms with Gasteiger partial charge in [-0.05, 0) is 18.2 Å². The molecule has 58 valence electrons. The third-order valence-electron chi connectivity index (χ3n) is 0.976. The molecule has 4 nitrogen and oxygen atoms in total. The van der Waals surface area contributed by atoms with Gasteiger partial charge in [-0.25, -0.2) is 0 Å². The van der Waals surface area contributed by atoms with E-state index in [-0.39, 0.29) is 5.75 Å². The predicted octanol–water partition coefficient (Wildman–Crippen LogP) is 1.91. The van der Waals surface area contributed by atoms with Gasteiger partial charge in [0.25, 0.3) is 5.09 Å². The van der Waals surface area contributed by atoms with Crippen molar-refractivity contribution in [2.24, 2.45) is 0 Å². The topological polar surface area (TPSA) is 52.4 Å². The van der Waals surface area contributed by atoms with Gasteiger partial charge in [0.15, 0.2) is 0 Å². The highest BCUT2D eigenvalue weighted by molar-refractivity contribution is 6.30. The Morgan fingerprint density at radius 3 is 2.82 bits per heavy atom. The lowest BCUT2D eigenvalue weighted by Crippen LogP contribution is -2.02. The van der Waals surface area contributed by atoms with Crippen LogP contribution in [0.2, 0.25) is 5.02 Å². The maximum Gasteiger partial charge on any atom is 0.299 e. The van der Waals surface area contributed by atoms with Gasteiger partial charge in [-0.2, -0.15) is 0 Å². The Labute approximate surface area is 67.5 Å². The number of hydrogen-bond donors (Lipinski definition) is 0. The van der Waals surface area contributed by atoms with Crippen LogP contribution in [0.1, 0.15) is 0 Å². The minimum absolute atomic E-state index is 0.127. The van der Waals surface area contributed by atoms with Crippen molar-refractivity contribution in [3.05, 3.63) is 39.4 Å². The van der Waals surface area contributed by atoms with Crippen molar-refractivity contribution in [2.45, 2.75) is 0 Å². The zero-order chi connectivity index (χ0) is 8.27. The molecule has 0 unspecified atom stereocenters. The van der Waals surface area contributed by atoms with E-state index >= 15 is 0 Å². The average molecular weight is 174 g/mol. The second-order valence-corrected chi connectivity index (χ2v) is 2.21. The molecule has 0 saturated carbocycles. The van der Waals surface area contributed by atoms with Crippen LogP contribution in [0.4, 0.5) is 0 Å². The molecular formula is C6H4ClNO3. The molecule has 5 heteroatoms. The summed E-state index contributed by atoms with van der Waals surface area (Å²) in [6.45, 7) is 0. The minimum atomic E-state index is -0.883. The standard InChI is InChI=1S/C6H4ClNO3/c7-5-2-1-3-6(4-5)11-8(9)10/h1-4H. The highest BCUT2D eigenvalue weighted by Crippen LogP contribution is 2.16. The molecule has 0 spiro atoms. The summed E-state index contributed by atoms with van der Waals surface area (Å²) < 4.78 is 0. The van der Waals surface area contributed by atoms with Crippen LogP contribution in [0, 0.1) is 10.1 Å². The predicted molar refractivity (Wildman–Crippen MR) is 39.1 cm³/mol. The van der Waals surface area contributed by atoms with Crippen molar-refractivity contribution >= 4 is 11.6 Å². The fourth-order valence-corrected chi connectivity index (χ4v) is 0.790. The van der Waals surface area contributed by atoms with Crippen LogP contribution >= 0.6 is 11.6 Å². The molecule has 0 atom stereocenters. The Bertz CT molecular complexity index is 276. The molecule has 0 saturated heterocycles. The summed E-state index contributed by atoms with van der Waals surface area (Å²) in [5.74, 6) is 0.127. The van der Waals surface area contributed by atoms with Crippen LogP contribution in [0.15, 0.2) is 24.3 Å². The Morgan fingerprint density at radius 1 is 1.55 bits per heavy atom. The summed E-state index contributed by atoms with van der Waals surface area (Å²) >= 11 is 5.53. The first-order valence-corrected chi connectivity index (χ1v) is 3.14. The highest BCUT2D eigenvalue weighted by Gasteiger charge is 1.98. The largest absolute Gasteiger partial charge is 0.299 e. The Morgan fingerprint density at radius 2 is 2.27 bits per heavy atom. The van der Waals surface area contributed by atoms with E-state index < -0.39 is 5.09 Å². The number of nitrogens with zero attached hydrogens (tertiary/aromatic N) is 1. The molecule has 0 aliphatic heterocycles. The molecular weight excluding hydrogens is 170 g/mol. The zero-order valence-corrected chi connectivity index (χ0v) is 6.12. The van der Waals surface area contributed by atoms with E-state index in [9.17, 15) is 10.1 Å². The summed E-state index contributed by atoms with van der Waals surface area (Å²) in [5, 5.41) is 9.34. The summed E-state index contributed by atoms with van der Waals surface area (Å²) in [6, 6.07) is 5.99. The van der Waals surface area contributed by atoms with Crippen LogP contribution in [0.3, 0.4) is 0 Å². The lowest BCUT2D eigenvalue weighted by molar-refractivity contribution is -0.711. The SMILES string of the molecule is O=[N+]([O-])Oc1cccc(Cl)c1. The van der Waals surface area contributed by atoms with Gasteiger partial charge in [-0.1, -0.05) is 17.7 Å². The molecule has 0 aromatic heterocycles. The first kappa shape index (κ1) is 7.81. The molecule has 0 N–H and O–H groups in total. The Balaban J connectivity index is 2.79. The van der Waals surface area contributed by atoms with E-state index in [0.29, 0.717) is 5.02 Å². The molecule has 0 heterocycles. The van der Waals surface area contributed by atoms with E-state index in [1.807, 2.05) is 0 Å². The van der Waals surface area contributed by atoms with Crippen molar-refractivity contribution in [1.82, 2.24) is 0 Å². The van der Waals surface area contributed by atoms with Gasteiger partial charge in [0, 0.05) is 5.02 Å². The van der Waals surface area contributed by atoms with Crippen LogP contribution in [-0.2, 0) is 0 Å². The first-order chi connectivity index (χ1) is 5.18. The summed E-state index contributed by atoms with van der Waals surface area (Å²) in [7, 11) is 0. The average Bonchev–Trinajstić information content (AvgIpc) is 1.85. The molecule has 0 fully saturated rings. The first-order valence-electron chi connectivity index (χ1n) is 2.76. The van der Waals surface area contributed by atoms with E-state index in [2.05, 4.69) is 4.84 Å². The number of halogens is 1. The third kappa shape index (κ3) is 2.43. The van der Waals surface area contributed by atoms with Gasteiger partial charge in [0.1, 0.15) is 5.75 Å². The Kier molecular flexibility index (Phi) is 2.28. The number of rotatable bonds is 2. The van der Waals surface area contributed by atoms with Crippen LogP contribution in [0.5, 0.6) is 5.75 Å². The molecule has 0 aliphatic carbocycles. The third-order valence-corrected chi connectivity index (χ3v) is 1.21. The zero-order valence-electron chi connectivity index (χ0n) is 5.36. The molecule has 1 aromatic carbocycles. The Hall–Kier alpha value is -1.29. The lowest BCUT2D eigenvalue weighted by atomic mass is 10.3. The molecule has 0 aliphatic rings. The van der Waals surface area contributed by atoms with Gasteiger partial charge in [0.05, 0.1) is 0 Å². The molecule has 1 rings (SSSR count). The second kappa shape index (κ2) is 3.21. The van der Waals surface area contributed by atoms with Crippen molar-refractivity contribution < 1.29 is 9.92 Å². The smallest absolute Gasteiger partial charge is 0.276 e. The second-order valence-electron chi connectivity index (χ2n) is 1.77. The number of hydrogen-bond acceptors (Lipinski definition) is 3. The summed E-state index contributed by atoms with van der Waals surface area (Å²) in [4.78, 5) is 14.0. The summed E-state index contributed by atoms with van der Waals surface area (Å²) in [5.41, 5.74) is 0. The molecule has 11 heavy (non-hydrogen) atoms. The van der Waals surface area contributed by atoms with Crippen LogP contribution in [0.25, 0.3) is 0 Å². The van der Waals surface area contributed by atoms with Crippen LogP contribution in [-0.4, -0.2) is 5.09 Å². The maximum atomic E-state index is 9.82. The van der Waals surface area contributed by atoms with Crippen molar-refractivity contribution in [3.8, 4) is 5.75 Å². The molecule has 0 amide bonds. The molecule has 0 radical (unpaired) electrons. The van der Waals surface area contributed by atoms with Gasteiger partial charge in [-0.15, -0.1) is 10.1 Å². The van der Waals surface area contributed by atoms with Crippen LogP contribution < -0.4 is 4.84 Å². The normalized spacial score (nSPS) is 9.18. The van der Waals surface area contributed by atoms with E-state index in [4.69, 9.17) is 11.6 Å². The van der Waals surface area contributed by atoms with Crippen molar-refractivity contribution in [2.75, 3.05) is 0 Å². The molecule has 0 bridgehead atoms. The number of benzene rings is 1. The maximum absolute atomic E-state index is 9.82. The van der Waals surface area contributed by atoms with Gasteiger partial charge >= 0.3 is 0 Å². The molecule has 1 aromatic rings. The van der Waals surface area contributed by atoms with Gasteiger partial charge < -0.3 is 0 Å². The fourth-order valence-electron chi connectivity index (χ4n) is 0.610. The lowest BCUT2D eigenvalue weighted by Gasteiger charge is -1.96. The minimum Gasteiger partial charge on any atom is -0.276 e. The quantitative estimate of drug-likeness (QED) is 0.507. The fraction of sp³-hybridized carbons (Fsp3) is 0.